The molecule has 160 valence electrons. The molecule has 2 heterocycles. The molecule has 1 unspecified atom stereocenters. The van der Waals surface area contributed by atoms with Crippen molar-refractivity contribution >= 4 is 42.3 Å². The van der Waals surface area contributed by atoms with Gasteiger partial charge in [-0.3, -0.25) is 9.69 Å². The Balaban J connectivity index is 0.00000196. The standard InChI is InChI=1S/C21H32ClN3O.2ClH/c1-16(18-6-10-23-11-7-18)14-21(26)24-20-8-12-25(13-9-20)15-17-2-4-19(22)5-3-17;;/h2-5,16,18,20,23H,6-15H2,1H3,(H,24,26);2*1H. The molecule has 2 N–H and O–H groups in total. The summed E-state index contributed by atoms with van der Waals surface area (Å²) in [4.78, 5) is 14.9. The number of halogens is 3. The van der Waals surface area contributed by atoms with Crippen molar-refractivity contribution in [2.24, 2.45) is 11.8 Å². The molecule has 0 spiro atoms. The van der Waals surface area contributed by atoms with E-state index in [0.29, 0.717) is 24.3 Å². The minimum absolute atomic E-state index is 0. The van der Waals surface area contributed by atoms with E-state index >= 15 is 0 Å². The number of piperidine rings is 2. The maximum Gasteiger partial charge on any atom is 0.220 e. The van der Waals surface area contributed by atoms with Crippen LogP contribution < -0.4 is 10.6 Å². The van der Waals surface area contributed by atoms with Gasteiger partial charge >= 0.3 is 0 Å². The Bertz CT molecular complexity index is 571. The lowest BCUT2D eigenvalue weighted by molar-refractivity contribution is -0.123. The van der Waals surface area contributed by atoms with Crippen LogP contribution in [0.2, 0.25) is 5.02 Å². The summed E-state index contributed by atoms with van der Waals surface area (Å²) in [5.41, 5.74) is 1.30. The summed E-state index contributed by atoms with van der Waals surface area (Å²) in [6.07, 6.45) is 5.17. The van der Waals surface area contributed by atoms with Gasteiger partial charge in [-0.1, -0.05) is 30.7 Å². The van der Waals surface area contributed by atoms with Crippen molar-refractivity contribution in [1.29, 1.82) is 0 Å². The minimum Gasteiger partial charge on any atom is -0.353 e. The van der Waals surface area contributed by atoms with Crippen LogP contribution in [0.1, 0.15) is 44.6 Å². The van der Waals surface area contributed by atoms with Crippen LogP contribution in [0.15, 0.2) is 24.3 Å². The quantitative estimate of drug-likeness (QED) is 0.679. The van der Waals surface area contributed by atoms with Crippen molar-refractivity contribution in [1.82, 2.24) is 15.5 Å². The van der Waals surface area contributed by atoms with E-state index in [9.17, 15) is 4.79 Å². The van der Waals surface area contributed by atoms with Gasteiger partial charge in [-0.05, 0) is 68.3 Å². The maximum absolute atomic E-state index is 12.4. The van der Waals surface area contributed by atoms with Crippen LogP contribution in [0.25, 0.3) is 0 Å². The molecule has 0 aliphatic carbocycles. The van der Waals surface area contributed by atoms with Gasteiger partial charge in [-0.2, -0.15) is 0 Å². The van der Waals surface area contributed by atoms with E-state index in [1.54, 1.807) is 0 Å². The minimum atomic E-state index is 0. The van der Waals surface area contributed by atoms with Crippen molar-refractivity contribution in [3.8, 4) is 0 Å². The van der Waals surface area contributed by atoms with Crippen LogP contribution in [0.4, 0.5) is 0 Å². The third-order valence-corrected chi connectivity index (χ3v) is 6.22. The molecule has 3 rings (SSSR count). The molecule has 0 aromatic heterocycles. The Morgan fingerprint density at radius 1 is 1.14 bits per heavy atom. The van der Waals surface area contributed by atoms with Gasteiger partial charge in [0.05, 0.1) is 0 Å². The zero-order valence-electron chi connectivity index (χ0n) is 16.7. The summed E-state index contributed by atoms with van der Waals surface area (Å²) in [5.74, 6) is 1.43. The number of benzene rings is 1. The lowest BCUT2D eigenvalue weighted by atomic mass is 9.84. The van der Waals surface area contributed by atoms with E-state index in [-0.39, 0.29) is 30.7 Å². The first-order valence-corrected chi connectivity index (χ1v) is 10.4. The van der Waals surface area contributed by atoms with E-state index in [2.05, 4.69) is 34.6 Å². The van der Waals surface area contributed by atoms with Gasteiger partial charge in [-0.25, -0.2) is 0 Å². The highest BCUT2D eigenvalue weighted by molar-refractivity contribution is 6.30. The summed E-state index contributed by atoms with van der Waals surface area (Å²) in [5, 5.41) is 7.47. The van der Waals surface area contributed by atoms with Gasteiger partial charge in [0.1, 0.15) is 0 Å². The molecular weight excluding hydrogens is 417 g/mol. The highest BCUT2D eigenvalue weighted by Gasteiger charge is 2.24. The van der Waals surface area contributed by atoms with Gasteiger partial charge < -0.3 is 10.6 Å². The summed E-state index contributed by atoms with van der Waals surface area (Å²) in [7, 11) is 0. The number of amides is 1. The Morgan fingerprint density at radius 2 is 1.75 bits per heavy atom. The van der Waals surface area contributed by atoms with Crippen LogP contribution in [-0.4, -0.2) is 43.0 Å². The normalized spacial score (nSPS) is 19.9. The highest BCUT2D eigenvalue weighted by Crippen LogP contribution is 2.24. The Labute approximate surface area is 187 Å². The molecule has 0 radical (unpaired) electrons. The molecule has 1 aromatic carbocycles. The number of carbonyl (C=O) groups excluding carboxylic acids is 1. The monoisotopic (exact) mass is 449 g/mol. The molecule has 0 bridgehead atoms. The molecule has 2 aliphatic heterocycles. The molecule has 1 aromatic rings. The zero-order valence-corrected chi connectivity index (χ0v) is 19.1. The van der Waals surface area contributed by atoms with Crippen molar-refractivity contribution in [3.63, 3.8) is 0 Å². The zero-order chi connectivity index (χ0) is 18.4. The number of hydrogen-bond donors (Lipinski definition) is 2. The highest BCUT2D eigenvalue weighted by atomic mass is 35.5. The second-order valence-electron chi connectivity index (χ2n) is 8.01. The first-order valence-electron chi connectivity index (χ1n) is 10.1. The second kappa shape index (κ2) is 12.9. The van der Waals surface area contributed by atoms with Crippen LogP contribution in [0.3, 0.4) is 0 Å². The van der Waals surface area contributed by atoms with Gasteiger partial charge in [-0.15, -0.1) is 24.8 Å². The number of nitrogens with one attached hydrogen (secondary N) is 2. The molecule has 2 saturated heterocycles. The Hall–Kier alpha value is -0.520. The van der Waals surface area contributed by atoms with Crippen LogP contribution in [0, 0.1) is 11.8 Å². The lowest BCUT2D eigenvalue weighted by Crippen LogP contribution is -2.45. The SMILES string of the molecule is CC(CC(=O)NC1CCN(Cc2ccc(Cl)cc2)CC1)C1CCNCC1.Cl.Cl. The number of carbonyl (C=O) groups is 1. The molecule has 28 heavy (non-hydrogen) atoms. The first-order chi connectivity index (χ1) is 12.6. The molecule has 2 aliphatic rings. The predicted octanol–water partition coefficient (Wildman–Crippen LogP) is 4.29. The van der Waals surface area contributed by atoms with E-state index in [1.807, 2.05) is 12.1 Å². The van der Waals surface area contributed by atoms with E-state index in [0.717, 1.165) is 50.6 Å². The van der Waals surface area contributed by atoms with Crippen LogP contribution in [0.5, 0.6) is 0 Å². The Morgan fingerprint density at radius 3 is 2.36 bits per heavy atom. The fraction of sp³-hybridized carbons (Fsp3) is 0.667. The van der Waals surface area contributed by atoms with Crippen molar-refractivity contribution in [2.75, 3.05) is 26.2 Å². The largest absolute Gasteiger partial charge is 0.353 e. The number of nitrogens with zero attached hydrogens (tertiary/aromatic N) is 1. The smallest absolute Gasteiger partial charge is 0.220 e. The fourth-order valence-corrected chi connectivity index (χ4v) is 4.37. The van der Waals surface area contributed by atoms with E-state index < -0.39 is 0 Å². The van der Waals surface area contributed by atoms with E-state index in [1.165, 1.54) is 18.4 Å². The van der Waals surface area contributed by atoms with Gasteiger partial charge in [0.2, 0.25) is 5.91 Å². The number of likely N-dealkylation sites (tertiary alicyclic amines) is 1. The third kappa shape index (κ3) is 8.08. The first kappa shape index (κ1) is 25.5. The van der Waals surface area contributed by atoms with E-state index in [4.69, 9.17) is 11.6 Å². The predicted molar refractivity (Wildman–Crippen MR) is 122 cm³/mol. The molecule has 4 nitrogen and oxygen atoms in total. The van der Waals surface area contributed by atoms with Crippen LogP contribution >= 0.6 is 36.4 Å². The topological polar surface area (TPSA) is 44.4 Å². The molecular formula is C21H34Cl3N3O. The summed E-state index contributed by atoms with van der Waals surface area (Å²) >= 11 is 5.95. The van der Waals surface area contributed by atoms with Gasteiger partial charge in [0, 0.05) is 37.1 Å². The molecule has 2 fully saturated rings. The van der Waals surface area contributed by atoms with Crippen LogP contribution in [-0.2, 0) is 11.3 Å². The summed E-state index contributed by atoms with van der Waals surface area (Å²) in [6, 6.07) is 8.43. The van der Waals surface area contributed by atoms with Gasteiger partial charge in [0.25, 0.3) is 0 Å². The van der Waals surface area contributed by atoms with Crippen molar-refractivity contribution < 1.29 is 4.79 Å². The average molecular weight is 451 g/mol. The lowest BCUT2D eigenvalue weighted by Gasteiger charge is -2.33. The van der Waals surface area contributed by atoms with Crippen molar-refractivity contribution in [3.05, 3.63) is 34.9 Å². The van der Waals surface area contributed by atoms with Crippen molar-refractivity contribution in [2.45, 2.75) is 51.6 Å². The number of rotatable bonds is 6. The molecule has 7 heteroatoms. The summed E-state index contributed by atoms with van der Waals surface area (Å²) in [6.45, 7) is 7.48. The number of hydrogen-bond acceptors (Lipinski definition) is 3. The second-order valence-corrected chi connectivity index (χ2v) is 8.45. The van der Waals surface area contributed by atoms with Gasteiger partial charge in [0.15, 0.2) is 0 Å². The molecule has 1 atom stereocenters. The third-order valence-electron chi connectivity index (χ3n) is 5.97. The maximum atomic E-state index is 12.4. The fourth-order valence-electron chi connectivity index (χ4n) is 4.24. The Kier molecular flexibility index (Phi) is 11.8. The average Bonchev–Trinajstić information content (AvgIpc) is 2.66. The molecule has 0 saturated carbocycles. The molecule has 1 amide bonds. The summed E-state index contributed by atoms with van der Waals surface area (Å²) < 4.78 is 0.